The third-order valence-corrected chi connectivity index (χ3v) is 5.06. The summed E-state index contributed by atoms with van der Waals surface area (Å²) in [4.78, 5) is 2.61. The van der Waals surface area contributed by atoms with E-state index in [1.807, 2.05) is 13.1 Å². The van der Waals surface area contributed by atoms with Crippen molar-refractivity contribution in [1.29, 1.82) is 0 Å². The molecule has 2 rings (SSSR count). The van der Waals surface area contributed by atoms with Gasteiger partial charge < -0.3 is 5.32 Å². The molecule has 0 aliphatic rings. The Bertz CT molecular complexity index is 565. The molecular formula is C14H15FINS. The average Bonchev–Trinajstić information content (AvgIpc) is 2.62. The summed E-state index contributed by atoms with van der Waals surface area (Å²) >= 11 is 3.99. The second-order valence-corrected chi connectivity index (χ2v) is 6.74. The van der Waals surface area contributed by atoms with Gasteiger partial charge in [0.2, 0.25) is 0 Å². The van der Waals surface area contributed by atoms with Crippen LogP contribution in [0.2, 0.25) is 0 Å². The van der Waals surface area contributed by atoms with Gasteiger partial charge >= 0.3 is 0 Å². The van der Waals surface area contributed by atoms with E-state index in [2.05, 4.69) is 47.8 Å². The maximum absolute atomic E-state index is 13.2. The molecule has 0 aliphatic heterocycles. The maximum Gasteiger partial charge on any atom is 0.124 e. The lowest BCUT2D eigenvalue weighted by atomic mass is 10.0. The second-order valence-electron chi connectivity index (χ2n) is 4.29. The van der Waals surface area contributed by atoms with Crippen molar-refractivity contribution in [3.63, 3.8) is 0 Å². The second kappa shape index (κ2) is 5.67. The zero-order chi connectivity index (χ0) is 13.3. The molecule has 96 valence electrons. The monoisotopic (exact) mass is 375 g/mol. The molecule has 0 saturated heterocycles. The van der Waals surface area contributed by atoms with Crippen LogP contribution in [0.1, 0.15) is 26.9 Å². The van der Waals surface area contributed by atoms with E-state index >= 15 is 0 Å². The molecule has 2 aromatic rings. The number of nitrogens with one attached hydrogen (secondary N) is 1. The van der Waals surface area contributed by atoms with Crippen molar-refractivity contribution < 1.29 is 4.39 Å². The molecule has 1 N–H and O–H groups in total. The highest BCUT2D eigenvalue weighted by Crippen LogP contribution is 2.33. The number of benzene rings is 1. The van der Waals surface area contributed by atoms with Crippen molar-refractivity contribution in [2.24, 2.45) is 0 Å². The lowest BCUT2D eigenvalue weighted by Gasteiger charge is -2.18. The number of hydrogen-bond acceptors (Lipinski definition) is 2. The fraction of sp³-hybridized carbons (Fsp3) is 0.286. The van der Waals surface area contributed by atoms with Gasteiger partial charge in [-0.2, -0.15) is 0 Å². The molecule has 18 heavy (non-hydrogen) atoms. The predicted molar refractivity (Wildman–Crippen MR) is 83.8 cm³/mol. The quantitative estimate of drug-likeness (QED) is 0.784. The van der Waals surface area contributed by atoms with Crippen LogP contribution in [0.15, 0.2) is 24.3 Å². The largest absolute Gasteiger partial charge is 0.309 e. The van der Waals surface area contributed by atoms with E-state index in [4.69, 9.17) is 0 Å². The van der Waals surface area contributed by atoms with E-state index in [0.717, 1.165) is 9.13 Å². The van der Waals surface area contributed by atoms with E-state index < -0.39 is 0 Å². The molecular weight excluding hydrogens is 360 g/mol. The van der Waals surface area contributed by atoms with E-state index in [-0.39, 0.29) is 11.9 Å². The highest BCUT2D eigenvalue weighted by atomic mass is 127. The molecule has 0 saturated carbocycles. The van der Waals surface area contributed by atoms with Crippen molar-refractivity contribution in [2.75, 3.05) is 7.05 Å². The van der Waals surface area contributed by atoms with Crippen LogP contribution in [0.5, 0.6) is 0 Å². The predicted octanol–water partition coefficient (Wildman–Crippen LogP) is 4.42. The molecule has 1 atom stereocenters. The van der Waals surface area contributed by atoms with Gasteiger partial charge in [-0.15, -0.1) is 11.3 Å². The summed E-state index contributed by atoms with van der Waals surface area (Å²) in [6.07, 6.45) is 0. The summed E-state index contributed by atoms with van der Waals surface area (Å²) in [5, 5.41) is 3.33. The first-order valence-electron chi connectivity index (χ1n) is 5.72. The van der Waals surface area contributed by atoms with E-state index in [1.54, 1.807) is 17.4 Å². The van der Waals surface area contributed by atoms with Gasteiger partial charge in [0.1, 0.15) is 5.82 Å². The summed E-state index contributed by atoms with van der Waals surface area (Å²) in [6.45, 7) is 4.24. The summed E-state index contributed by atoms with van der Waals surface area (Å²) in [7, 11) is 1.94. The van der Waals surface area contributed by atoms with Crippen LogP contribution in [0.4, 0.5) is 4.39 Å². The van der Waals surface area contributed by atoms with Gasteiger partial charge in [-0.3, -0.25) is 0 Å². The molecule has 0 radical (unpaired) electrons. The minimum Gasteiger partial charge on any atom is -0.309 e. The van der Waals surface area contributed by atoms with Crippen molar-refractivity contribution in [3.05, 3.63) is 54.5 Å². The fourth-order valence-corrected chi connectivity index (χ4v) is 4.06. The van der Waals surface area contributed by atoms with Gasteiger partial charge in [-0.05, 0) is 72.8 Å². The van der Waals surface area contributed by atoms with E-state index in [1.165, 1.54) is 21.4 Å². The SMILES string of the molecule is CNC(c1ccc(F)cc1I)c1sc(C)cc1C. The first-order valence-corrected chi connectivity index (χ1v) is 7.61. The topological polar surface area (TPSA) is 12.0 Å². The number of halogens is 2. The minimum absolute atomic E-state index is 0.135. The molecule has 1 heterocycles. The molecule has 0 bridgehead atoms. The zero-order valence-corrected chi connectivity index (χ0v) is 13.5. The number of hydrogen-bond donors (Lipinski definition) is 1. The standard InChI is InChI=1S/C14H15FINS/c1-8-6-9(2)18-14(8)13(17-3)11-5-4-10(15)7-12(11)16/h4-7,13,17H,1-3H3. The zero-order valence-electron chi connectivity index (χ0n) is 10.6. The van der Waals surface area contributed by atoms with Crippen LogP contribution in [-0.2, 0) is 0 Å². The van der Waals surface area contributed by atoms with Crippen molar-refractivity contribution in [3.8, 4) is 0 Å². The molecule has 0 fully saturated rings. The third-order valence-electron chi connectivity index (χ3n) is 2.90. The molecule has 0 spiro atoms. The van der Waals surface area contributed by atoms with Gasteiger partial charge in [0.15, 0.2) is 0 Å². The number of aryl methyl sites for hydroxylation is 2. The van der Waals surface area contributed by atoms with Gasteiger partial charge in [0, 0.05) is 13.3 Å². The molecule has 1 aromatic carbocycles. The fourth-order valence-electron chi connectivity index (χ4n) is 2.11. The van der Waals surface area contributed by atoms with Crippen molar-refractivity contribution in [1.82, 2.24) is 5.32 Å². The number of thiophene rings is 1. The van der Waals surface area contributed by atoms with Gasteiger partial charge in [0.25, 0.3) is 0 Å². The van der Waals surface area contributed by atoms with Crippen molar-refractivity contribution in [2.45, 2.75) is 19.9 Å². The molecule has 4 heteroatoms. The van der Waals surface area contributed by atoms with Crippen LogP contribution >= 0.6 is 33.9 Å². The smallest absolute Gasteiger partial charge is 0.124 e. The van der Waals surface area contributed by atoms with Gasteiger partial charge in [-0.1, -0.05) is 6.07 Å². The van der Waals surface area contributed by atoms with Crippen molar-refractivity contribution >= 4 is 33.9 Å². The van der Waals surface area contributed by atoms with Gasteiger partial charge in [0.05, 0.1) is 6.04 Å². The van der Waals surface area contributed by atoms with Crippen LogP contribution in [0.3, 0.4) is 0 Å². The normalized spacial score (nSPS) is 12.7. The minimum atomic E-state index is -0.183. The third kappa shape index (κ3) is 2.75. The first-order chi connectivity index (χ1) is 8.52. The average molecular weight is 375 g/mol. The Hall–Kier alpha value is -0.460. The summed E-state index contributed by atoms with van der Waals surface area (Å²) < 4.78 is 14.1. The Kier molecular flexibility index (Phi) is 4.40. The Labute approximate surface area is 125 Å². The maximum atomic E-state index is 13.2. The summed E-state index contributed by atoms with van der Waals surface area (Å²) in [5.74, 6) is -0.183. The Balaban J connectivity index is 2.48. The highest BCUT2D eigenvalue weighted by Gasteiger charge is 2.19. The lowest BCUT2D eigenvalue weighted by Crippen LogP contribution is -2.18. The molecule has 0 amide bonds. The van der Waals surface area contributed by atoms with Crippen LogP contribution < -0.4 is 5.32 Å². The molecule has 1 nitrogen and oxygen atoms in total. The van der Waals surface area contributed by atoms with Crippen LogP contribution in [0.25, 0.3) is 0 Å². The lowest BCUT2D eigenvalue weighted by molar-refractivity contribution is 0.622. The number of rotatable bonds is 3. The van der Waals surface area contributed by atoms with Crippen LogP contribution in [0, 0.1) is 23.2 Å². The highest BCUT2D eigenvalue weighted by molar-refractivity contribution is 14.1. The van der Waals surface area contributed by atoms with E-state index in [9.17, 15) is 4.39 Å². The molecule has 1 unspecified atom stereocenters. The Morgan fingerprint density at radius 2 is 2.00 bits per heavy atom. The summed E-state index contributed by atoms with van der Waals surface area (Å²) in [5.41, 5.74) is 2.42. The van der Waals surface area contributed by atoms with E-state index in [0.29, 0.717) is 0 Å². The first kappa shape index (κ1) is 14.0. The van der Waals surface area contributed by atoms with Crippen LogP contribution in [-0.4, -0.2) is 7.05 Å². The molecule has 1 aromatic heterocycles. The Morgan fingerprint density at radius 3 is 2.50 bits per heavy atom. The molecule has 0 aliphatic carbocycles. The van der Waals surface area contributed by atoms with Gasteiger partial charge in [-0.25, -0.2) is 4.39 Å². The summed E-state index contributed by atoms with van der Waals surface area (Å²) in [6, 6.07) is 7.30. The Morgan fingerprint density at radius 1 is 1.28 bits per heavy atom.